The molecule has 1 saturated carbocycles. The van der Waals surface area contributed by atoms with Crippen molar-refractivity contribution in [3.05, 3.63) is 58.9 Å². The number of hydrogen-bond acceptors (Lipinski definition) is 4. The first kappa shape index (κ1) is 22.9. The smallest absolute Gasteiger partial charge is 0.129 e. The van der Waals surface area contributed by atoms with E-state index in [1.165, 1.54) is 24.0 Å². The largest absolute Gasteiger partial charge is 0.330 e. The minimum atomic E-state index is 0.00727. The Labute approximate surface area is 185 Å². The lowest BCUT2D eigenvalue weighted by Gasteiger charge is -2.47. The van der Waals surface area contributed by atoms with Gasteiger partial charge in [-0.25, -0.2) is 0 Å². The highest BCUT2D eigenvalue weighted by Gasteiger charge is 2.42. The SMILES string of the molecule is CC(=O)CCC1(CCCCc2ccnnc2)CCC(CN)(c2cccc(Cl)c2)CC1. The van der Waals surface area contributed by atoms with Crippen LogP contribution in [0.1, 0.15) is 75.8 Å². The van der Waals surface area contributed by atoms with Gasteiger partial charge in [0.2, 0.25) is 0 Å². The van der Waals surface area contributed by atoms with Gasteiger partial charge >= 0.3 is 0 Å². The van der Waals surface area contributed by atoms with Crippen LogP contribution in [0, 0.1) is 5.41 Å². The second-order valence-corrected chi connectivity index (χ2v) is 9.59. The van der Waals surface area contributed by atoms with Gasteiger partial charge in [-0.05, 0) is 93.0 Å². The predicted octanol–water partition coefficient (Wildman–Crippen LogP) is 5.67. The third-order valence-electron chi connectivity index (χ3n) is 7.17. The van der Waals surface area contributed by atoms with Crippen LogP contribution in [-0.4, -0.2) is 22.5 Å². The number of ketones is 1. The van der Waals surface area contributed by atoms with E-state index in [2.05, 4.69) is 22.3 Å². The Hall–Kier alpha value is -1.78. The molecule has 1 aliphatic carbocycles. The summed E-state index contributed by atoms with van der Waals surface area (Å²) < 4.78 is 0. The lowest BCUT2D eigenvalue weighted by Crippen LogP contribution is -2.42. The number of aryl methyl sites for hydroxylation is 1. The average Bonchev–Trinajstić information content (AvgIpc) is 2.77. The van der Waals surface area contributed by atoms with Gasteiger partial charge in [0.05, 0.1) is 6.20 Å². The number of hydrogen-bond donors (Lipinski definition) is 1. The Morgan fingerprint density at radius 3 is 2.53 bits per heavy atom. The van der Waals surface area contributed by atoms with Crippen molar-refractivity contribution in [3.8, 4) is 0 Å². The Morgan fingerprint density at radius 2 is 1.90 bits per heavy atom. The Morgan fingerprint density at radius 1 is 1.10 bits per heavy atom. The predicted molar refractivity (Wildman–Crippen MR) is 123 cm³/mol. The molecule has 5 heteroatoms. The summed E-state index contributed by atoms with van der Waals surface area (Å²) in [5.74, 6) is 0.294. The molecule has 4 nitrogen and oxygen atoms in total. The number of aromatic nitrogens is 2. The van der Waals surface area contributed by atoms with Crippen LogP contribution < -0.4 is 5.73 Å². The van der Waals surface area contributed by atoms with Crippen molar-refractivity contribution < 1.29 is 4.79 Å². The molecule has 2 N–H and O–H groups in total. The Balaban J connectivity index is 1.64. The van der Waals surface area contributed by atoms with E-state index in [4.69, 9.17) is 17.3 Å². The summed E-state index contributed by atoms with van der Waals surface area (Å²) in [6, 6.07) is 10.2. The van der Waals surface area contributed by atoms with E-state index in [1.807, 2.05) is 24.4 Å². The molecule has 0 radical (unpaired) electrons. The molecule has 1 fully saturated rings. The minimum absolute atomic E-state index is 0.00727. The number of halogens is 1. The van der Waals surface area contributed by atoms with E-state index in [0.717, 1.165) is 50.0 Å². The van der Waals surface area contributed by atoms with Crippen LogP contribution in [-0.2, 0) is 16.6 Å². The maximum atomic E-state index is 11.7. The van der Waals surface area contributed by atoms with Crippen LogP contribution in [0.3, 0.4) is 0 Å². The third-order valence-corrected chi connectivity index (χ3v) is 7.41. The highest BCUT2D eigenvalue weighted by atomic mass is 35.5. The zero-order valence-corrected chi connectivity index (χ0v) is 18.8. The lowest BCUT2D eigenvalue weighted by atomic mass is 9.58. The third kappa shape index (κ3) is 5.89. The molecule has 2 aromatic rings. The summed E-state index contributed by atoms with van der Waals surface area (Å²) in [6.45, 7) is 2.36. The van der Waals surface area contributed by atoms with Crippen LogP contribution in [0.4, 0.5) is 0 Å². The van der Waals surface area contributed by atoms with Crippen LogP contribution in [0.25, 0.3) is 0 Å². The molecule has 162 valence electrons. The summed E-state index contributed by atoms with van der Waals surface area (Å²) in [5, 5.41) is 8.60. The molecule has 30 heavy (non-hydrogen) atoms. The van der Waals surface area contributed by atoms with Gasteiger partial charge in [-0.3, -0.25) is 0 Å². The van der Waals surface area contributed by atoms with Gasteiger partial charge in [0.25, 0.3) is 0 Å². The van der Waals surface area contributed by atoms with Gasteiger partial charge in [0.15, 0.2) is 0 Å². The standard InChI is InChI=1S/C25H34ClN3O/c1-20(30)8-11-24(10-3-2-5-21-9-16-28-29-18-21)12-14-25(19-27,15-13-24)22-6-4-7-23(26)17-22/h4,6-7,9,16-18H,2-3,5,8,10-15,19,27H2,1H3. The fourth-order valence-electron chi connectivity index (χ4n) is 5.05. The van der Waals surface area contributed by atoms with Crippen molar-refractivity contribution in [3.63, 3.8) is 0 Å². The zero-order chi connectivity index (χ0) is 21.5. The van der Waals surface area contributed by atoms with E-state index in [1.54, 1.807) is 13.1 Å². The number of Topliss-reactive ketones (excluding diaryl/α,β-unsaturated/α-hetero) is 1. The van der Waals surface area contributed by atoms with Gasteiger partial charge in [-0.15, -0.1) is 0 Å². The van der Waals surface area contributed by atoms with E-state index >= 15 is 0 Å². The molecule has 1 aliphatic rings. The molecular formula is C25H34ClN3O. The quantitative estimate of drug-likeness (QED) is 0.496. The Kier molecular flexibility index (Phi) is 8.01. The molecule has 0 bridgehead atoms. The summed E-state index contributed by atoms with van der Waals surface area (Å²) in [5.41, 5.74) is 9.08. The molecule has 0 unspecified atom stereocenters. The molecule has 0 atom stereocenters. The first-order valence-electron chi connectivity index (χ1n) is 11.2. The summed E-state index contributed by atoms with van der Waals surface area (Å²) >= 11 is 6.27. The minimum Gasteiger partial charge on any atom is -0.330 e. The number of unbranched alkanes of at least 4 members (excludes halogenated alkanes) is 1. The van der Waals surface area contributed by atoms with Gasteiger partial charge in [0.1, 0.15) is 5.78 Å². The summed E-state index contributed by atoms with van der Waals surface area (Å²) in [7, 11) is 0. The first-order valence-corrected chi connectivity index (χ1v) is 11.6. The number of carbonyl (C=O) groups excluding carboxylic acids is 1. The van der Waals surface area contributed by atoms with Crippen molar-refractivity contribution in [1.82, 2.24) is 10.2 Å². The average molecular weight is 428 g/mol. The highest BCUT2D eigenvalue weighted by Crippen LogP contribution is 2.51. The molecule has 1 heterocycles. The molecule has 1 aromatic carbocycles. The fourth-order valence-corrected chi connectivity index (χ4v) is 5.24. The normalized spacial score (nSPS) is 24.0. The molecule has 0 aliphatic heterocycles. The van der Waals surface area contributed by atoms with Crippen LogP contribution in [0.2, 0.25) is 5.02 Å². The monoisotopic (exact) mass is 427 g/mol. The van der Waals surface area contributed by atoms with Crippen molar-refractivity contribution in [2.75, 3.05) is 6.54 Å². The second-order valence-electron chi connectivity index (χ2n) is 9.15. The maximum Gasteiger partial charge on any atom is 0.129 e. The van der Waals surface area contributed by atoms with Crippen LogP contribution in [0.5, 0.6) is 0 Å². The number of rotatable bonds is 10. The molecular weight excluding hydrogens is 394 g/mol. The van der Waals surface area contributed by atoms with Gasteiger partial charge in [0, 0.05) is 29.6 Å². The maximum absolute atomic E-state index is 11.7. The lowest BCUT2D eigenvalue weighted by molar-refractivity contribution is -0.117. The molecule has 0 saturated heterocycles. The number of benzene rings is 1. The van der Waals surface area contributed by atoms with E-state index in [9.17, 15) is 4.79 Å². The van der Waals surface area contributed by atoms with Crippen molar-refractivity contribution >= 4 is 17.4 Å². The van der Waals surface area contributed by atoms with Gasteiger partial charge < -0.3 is 10.5 Å². The van der Waals surface area contributed by atoms with Gasteiger partial charge in [-0.2, -0.15) is 10.2 Å². The van der Waals surface area contributed by atoms with E-state index in [-0.39, 0.29) is 10.8 Å². The molecule has 3 rings (SSSR count). The van der Waals surface area contributed by atoms with Crippen molar-refractivity contribution in [2.45, 2.75) is 76.5 Å². The summed E-state index contributed by atoms with van der Waals surface area (Å²) in [6.07, 6.45) is 14.2. The zero-order valence-electron chi connectivity index (χ0n) is 18.1. The van der Waals surface area contributed by atoms with Crippen molar-refractivity contribution in [2.24, 2.45) is 11.1 Å². The summed E-state index contributed by atoms with van der Waals surface area (Å²) in [4.78, 5) is 11.7. The molecule has 1 aromatic heterocycles. The topological polar surface area (TPSA) is 68.9 Å². The Bertz CT molecular complexity index is 816. The fraction of sp³-hybridized carbons (Fsp3) is 0.560. The number of carbonyl (C=O) groups is 1. The molecule has 0 amide bonds. The number of nitrogens with zero attached hydrogens (tertiary/aromatic N) is 2. The first-order chi connectivity index (χ1) is 14.5. The van der Waals surface area contributed by atoms with E-state index in [0.29, 0.717) is 18.7 Å². The van der Waals surface area contributed by atoms with Crippen LogP contribution >= 0.6 is 11.6 Å². The van der Waals surface area contributed by atoms with Crippen LogP contribution in [0.15, 0.2) is 42.7 Å². The van der Waals surface area contributed by atoms with E-state index < -0.39 is 0 Å². The van der Waals surface area contributed by atoms with Crippen molar-refractivity contribution in [1.29, 1.82) is 0 Å². The molecule has 0 spiro atoms. The number of nitrogens with two attached hydrogens (primary N) is 1. The second kappa shape index (κ2) is 10.5. The highest BCUT2D eigenvalue weighted by molar-refractivity contribution is 6.30. The van der Waals surface area contributed by atoms with Gasteiger partial charge in [-0.1, -0.05) is 30.2 Å².